The lowest BCUT2D eigenvalue weighted by molar-refractivity contribution is 0.0959. The minimum absolute atomic E-state index is 0.158. The fourth-order valence-electron chi connectivity index (χ4n) is 1.55. The van der Waals surface area contributed by atoms with E-state index in [1.807, 2.05) is 24.4 Å². The van der Waals surface area contributed by atoms with Crippen molar-refractivity contribution in [2.45, 2.75) is 0 Å². The van der Waals surface area contributed by atoms with Crippen molar-refractivity contribution in [3.8, 4) is 0 Å². The van der Waals surface area contributed by atoms with Crippen molar-refractivity contribution in [2.75, 3.05) is 6.54 Å². The zero-order valence-corrected chi connectivity index (χ0v) is 9.34. The normalized spacial score (nSPS) is 10.3. The summed E-state index contributed by atoms with van der Waals surface area (Å²) in [6.45, 7) is 3.79. The number of carbonyl (C=O) groups is 1. The van der Waals surface area contributed by atoms with Gasteiger partial charge in [0.1, 0.15) is 0 Å². The lowest BCUT2D eigenvalue weighted by Gasteiger charge is -2.04. The Morgan fingerprint density at radius 3 is 3.00 bits per heavy atom. The highest BCUT2D eigenvalue weighted by atomic mass is 35.5. The third-order valence-corrected chi connectivity index (χ3v) is 2.41. The predicted molar refractivity (Wildman–Crippen MR) is 65.6 cm³/mol. The van der Waals surface area contributed by atoms with Gasteiger partial charge in [0.25, 0.3) is 5.91 Å². The lowest BCUT2D eigenvalue weighted by Crippen LogP contribution is -2.24. The number of carbonyl (C=O) groups excluding carboxylic acids is 1. The number of amides is 1. The van der Waals surface area contributed by atoms with Crippen LogP contribution in [0.3, 0.4) is 0 Å². The maximum atomic E-state index is 11.8. The van der Waals surface area contributed by atoms with E-state index in [9.17, 15) is 4.79 Å². The molecule has 0 aliphatic rings. The smallest absolute Gasteiger partial charge is 0.253 e. The molecule has 0 aliphatic carbocycles. The quantitative estimate of drug-likeness (QED) is 0.843. The Kier molecular flexibility index (Phi) is 2.97. The average molecular weight is 235 g/mol. The van der Waals surface area contributed by atoms with Gasteiger partial charge in [-0.1, -0.05) is 30.3 Å². The third-order valence-electron chi connectivity index (χ3n) is 2.27. The lowest BCUT2D eigenvalue weighted by atomic mass is 10.1. The highest BCUT2D eigenvalue weighted by molar-refractivity contribution is 6.29. The molecule has 0 atom stereocenters. The van der Waals surface area contributed by atoms with Gasteiger partial charge in [-0.2, -0.15) is 0 Å². The van der Waals surface area contributed by atoms with Crippen LogP contribution in [0.2, 0.25) is 0 Å². The molecule has 82 valence electrons. The van der Waals surface area contributed by atoms with Gasteiger partial charge in [-0.25, -0.2) is 0 Å². The van der Waals surface area contributed by atoms with Crippen LogP contribution in [-0.4, -0.2) is 17.4 Å². The van der Waals surface area contributed by atoms with Crippen LogP contribution in [0.4, 0.5) is 0 Å². The minimum Gasteiger partial charge on any atom is -0.361 e. The molecule has 0 spiro atoms. The number of fused-ring (bicyclic) bond motifs is 1. The van der Waals surface area contributed by atoms with E-state index in [2.05, 4.69) is 16.9 Å². The van der Waals surface area contributed by atoms with Gasteiger partial charge in [0.15, 0.2) is 0 Å². The molecule has 0 aliphatic heterocycles. The number of aromatic nitrogens is 1. The molecule has 1 heterocycles. The first-order valence-corrected chi connectivity index (χ1v) is 5.24. The summed E-state index contributed by atoms with van der Waals surface area (Å²) in [5.74, 6) is -0.158. The van der Waals surface area contributed by atoms with E-state index in [0.717, 1.165) is 10.9 Å². The highest BCUT2D eigenvalue weighted by Crippen LogP contribution is 2.16. The topological polar surface area (TPSA) is 44.9 Å². The van der Waals surface area contributed by atoms with Gasteiger partial charge in [0, 0.05) is 16.6 Å². The molecule has 1 aromatic heterocycles. The summed E-state index contributed by atoms with van der Waals surface area (Å²) in [5.41, 5.74) is 1.45. The van der Waals surface area contributed by atoms with E-state index >= 15 is 0 Å². The molecule has 0 fully saturated rings. The summed E-state index contributed by atoms with van der Waals surface area (Å²) in [7, 11) is 0. The van der Waals surface area contributed by atoms with Gasteiger partial charge in [0.2, 0.25) is 0 Å². The van der Waals surface area contributed by atoms with Crippen molar-refractivity contribution in [1.82, 2.24) is 10.3 Å². The Balaban J connectivity index is 2.29. The largest absolute Gasteiger partial charge is 0.361 e. The Morgan fingerprint density at radius 2 is 2.25 bits per heavy atom. The Morgan fingerprint density at radius 1 is 1.44 bits per heavy atom. The van der Waals surface area contributed by atoms with Crippen LogP contribution in [0.5, 0.6) is 0 Å². The van der Waals surface area contributed by atoms with Gasteiger partial charge in [-0.3, -0.25) is 4.79 Å². The van der Waals surface area contributed by atoms with Crippen molar-refractivity contribution in [3.63, 3.8) is 0 Å². The molecule has 0 bridgehead atoms. The molecule has 2 aromatic rings. The molecule has 0 unspecified atom stereocenters. The average Bonchev–Trinajstić information content (AvgIpc) is 2.73. The number of hydrogen-bond donors (Lipinski definition) is 2. The third kappa shape index (κ3) is 2.09. The van der Waals surface area contributed by atoms with Crippen molar-refractivity contribution < 1.29 is 4.79 Å². The number of rotatable bonds is 3. The summed E-state index contributed by atoms with van der Waals surface area (Å²) in [4.78, 5) is 14.9. The molecular formula is C12H11ClN2O. The Bertz CT molecular complexity index is 545. The molecule has 4 heteroatoms. The molecule has 0 radical (unpaired) electrons. The Hall–Kier alpha value is -1.74. The molecule has 0 saturated carbocycles. The zero-order chi connectivity index (χ0) is 11.5. The second-order valence-electron chi connectivity index (χ2n) is 3.45. The molecular weight excluding hydrogens is 224 g/mol. The van der Waals surface area contributed by atoms with Gasteiger partial charge in [-0.15, -0.1) is 0 Å². The van der Waals surface area contributed by atoms with E-state index < -0.39 is 0 Å². The summed E-state index contributed by atoms with van der Waals surface area (Å²) < 4.78 is 0. The van der Waals surface area contributed by atoms with Gasteiger partial charge >= 0.3 is 0 Å². The second-order valence-corrected chi connectivity index (χ2v) is 3.98. The summed E-state index contributed by atoms with van der Waals surface area (Å²) in [6, 6.07) is 7.49. The van der Waals surface area contributed by atoms with Crippen LogP contribution in [0, 0.1) is 0 Å². The molecule has 1 aromatic carbocycles. The number of hydrogen-bond acceptors (Lipinski definition) is 1. The van der Waals surface area contributed by atoms with Crippen LogP contribution in [0.15, 0.2) is 42.1 Å². The second kappa shape index (κ2) is 4.41. The van der Waals surface area contributed by atoms with Gasteiger partial charge in [-0.05, 0) is 12.1 Å². The number of H-pyrrole nitrogens is 1. The van der Waals surface area contributed by atoms with Crippen molar-refractivity contribution in [1.29, 1.82) is 0 Å². The van der Waals surface area contributed by atoms with E-state index in [0.29, 0.717) is 10.6 Å². The molecule has 0 saturated heterocycles. The van der Waals surface area contributed by atoms with Gasteiger partial charge < -0.3 is 10.3 Å². The van der Waals surface area contributed by atoms with Crippen LogP contribution in [-0.2, 0) is 0 Å². The predicted octanol–water partition coefficient (Wildman–Crippen LogP) is 2.65. The van der Waals surface area contributed by atoms with E-state index in [-0.39, 0.29) is 12.5 Å². The molecule has 3 nitrogen and oxygen atoms in total. The summed E-state index contributed by atoms with van der Waals surface area (Å²) >= 11 is 5.59. The zero-order valence-electron chi connectivity index (χ0n) is 8.59. The highest BCUT2D eigenvalue weighted by Gasteiger charge is 2.09. The molecule has 2 rings (SSSR count). The molecule has 1 amide bonds. The minimum atomic E-state index is -0.158. The fourth-order valence-corrected chi connectivity index (χ4v) is 1.61. The molecule has 16 heavy (non-hydrogen) atoms. The van der Waals surface area contributed by atoms with E-state index in [4.69, 9.17) is 11.6 Å². The number of halogens is 1. The molecule has 2 N–H and O–H groups in total. The maximum absolute atomic E-state index is 11.8. The van der Waals surface area contributed by atoms with Crippen molar-refractivity contribution >= 4 is 28.4 Å². The first-order chi connectivity index (χ1) is 7.68. The fraction of sp³-hybridized carbons (Fsp3) is 0.0833. The standard InChI is InChI=1S/C12H11ClN2O/c1-8(13)7-15-12(16)10-4-2-3-9-5-6-14-11(9)10/h2-6,14H,1,7H2,(H,15,16). The number of benzene rings is 1. The van der Waals surface area contributed by atoms with Crippen LogP contribution in [0.25, 0.3) is 10.9 Å². The number of aromatic amines is 1. The Labute approximate surface area is 98.1 Å². The first kappa shape index (κ1) is 10.8. The SMILES string of the molecule is C=C(Cl)CNC(=O)c1cccc2cc[nH]c12. The van der Waals surface area contributed by atoms with E-state index in [1.54, 1.807) is 6.07 Å². The van der Waals surface area contributed by atoms with Crippen LogP contribution < -0.4 is 5.32 Å². The van der Waals surface area contributed by atoms with Crippen LogP contribution >= 0.6 is 11.6 Å². The van der Waals surface area contributed by atoms with E-state index in [1.165, 1.54) is 0 Å². The number of para-hydroxylation sites is 1. The summed E-state index contributed by atoms with van der Waals surface area (Å²) in [6.07, 6.45) is 1.81. The van der Waals surface area contributed by atoms with Crippen LogP contribution in [0.1, 0.15) is 10.4 Å². The van der Waals surface area contributed by atoms with Crippen molar-refractivity contribution in [3.05, 3.63) is 47.6 Å². The monoisotopic (exact) mass is 234 g/mol. The van der Waals surface area contributed by atoms with Gasteiger partial charge in [0.05, 0.1) is 17.6 Å². The number of nitrogens with one attached hydrogen (secondary N) is 2. The van der Waals surface area contributed by atoms with Crippen molar-refractivity contribution in [2.24, 2.45) is 0 Å². The first-order valence-electron chi connectivity index (χ1n) is 4.86. The maximum Gasteiger partial charge on any atom is 0.253 e. The summed E-state index contributed by atoms with van der Waals surface area (Å²) in [5, 5.41) is 4.11.